The van der Waals surface area contributed by atoms with Crippen LogP contribution >= 0.6 is 0 Å². The second-order valence-electron chi connectivity index (χ2n) is 8.60. The molecule has 0 bridgehead atoms. The van der Waals surface area contributed by atoms with Gasteiger partial charge in [-0.25, -0.2) is 0 Å². The minimum absolute atomic E-state index is 0.590. The van der Waals surface area contributed by atoms with E-state index >= 15 is 0 Å². The van der Waals surface area contributed by atoms with E-state index in [0.29, 0.717) is 29.0 Å². The summed E-state index contributed by atoms with van der Waals surface area (Å²) < 4.78 is 28.7. The standard InChI is InChI=1S/C26H31NO5/c1-28-21-11-17-16-10-15-8-6-7-9-27(15)14-20(16)19-13-23(30-3)25(31-4)26(32-5)24(19)18(17)12-22(21)29-2/h11-13,15H,6-10,14H2,1-5H3. The Bertz CT molecular complexity index is 1190. The minimum Gasteiger partial charge on any atom is -0.493 e. The molecule has 1 atom stereocenters. The molecule has 2 aliphatic rings. The van der Waals surface area contributed by atoms with Crippen molar-refractivity contribution in [3.63, 3.8) is 0 Å². The molecule has 2 heterocycles. The van der Waals surface area contributed by atoms with Gasteiger partial charge < -0.3 is 23.7 Å². The van der Waals surface area contributed by atoms with Crippen molar-refractivity contribution >= 4 is 21.5 Å². The summed E-state index contributed by atoms with van der Waals surface area (Å²) >= 11 is 0. The lowest BCUT2D eigenvalue weighted by atomic mass is 9.82. The lowest BCUT2D eigenvalue weighted by Gasteiger charge is -2.41. The monoisotopic (exact) mass is 437 g/mol. The van der Waals surface area contributed by atoms with E-state index in [4.69, 9.17) is 23.7 Å². The fourth-order valence-corrected chi connectivity index (χ4v) is 5.67. The van der Waals surface area contributed by atoms with Crippen LogP contribution in [0.1, 0.15) is 30.4 Å². The molecule has 0 radical (unpaired) electrons. The molecular weight excluding hydrogens is 406 g/mol. The van der Waals surface area contributed by atoms with Crippen molar-refractivity contribution in [1.82, 2.24) is 4.90 Å². The van der Waals surface area contributed by atoms with Crippen molar-refractivity contribution in [3.8, 4) is 28.7 Å². The van der Waals surface area contributed by atoms with E-state index in [0.717, 1.165) is 41.4 Å². The van der Waals surface area contributed by atoms with Gasteiger partial charge >= 0.3 is 0 Å². The third-order valence-corrected chi connectivity index (χ3v) is 7.19. The number of ether oxygens (including phenoxy) is 5. The predicted octanol–water partition coefficient (Wildman–Crippen LogP) is 4.95. The number of methoxy groups -OCH3 is 5. The summed E-state index contributed by atoms with van der Waals surface area (Å²) in [7, 11) is 8.36. The van der Waals surface area contributed by atoms with E-state index in [1.54, 1.807) is 35.5 Å². The number of hydrogen-bond acceptors (Lipinski definition) is 6. The Labute approximate surface area is 188 Å². The van der Waals surface area contributed by atoms with Gasteiger partial charge in [0, 0.05) is 18.0 Å². The first-order chi connectivity index (χ1) is 15.6. The summed E-state index contributed by atoms with van der Waals surface area (Å²) in [5.74, 6) is 3.41. The molecule has 0 amide bonds. The highest BCUT2D eigenvalue weighted by Gasteiger charge is 2.33. The van der Waals surface area contributed by atoms with Crippen LogP contribution in [0.5, 0.6) is 28.7 Å². The van der Waals surface area contributed by atoms with Gasteiger partial charge in [0.25, 0.3) is 0 Å². The van der Waals surface area contributed by atoms with E-state index in [9.17, 15) is 0 Å². The fourth-order valence-electron chi connectivity index (χ4n) is 5.67. The molecule has 6 nitrogen and oxygen atoms in total. The molecule has 0 aromatic heterocycles. The maximum atomic E-state index is 5.94. The SMILES string of the molecule is COc1cc2c3c(c4cc(OC)c(OC)c(OC)c4c2cc1OC)CN1CCCCC1C3. The Hall–Kier alpha value is -2.86. The highest BCUT2D eigenvalue weighted by molar-refractivity contribution is 6.16. The zero-order valence-electron chi connectivity index (χ0n) is 19.5. The van der Waals surface area contributed by atoms with E-state index in [1.807, 2.05) is 0 Å². The second-order valence-corrected chi connectivity index (χ2v) is 8.60. The molecule has 5 rings (SSSR count). The van der Waals surface area contributed by atoms with Crippen LogP contribution in [0.15, 0.2) is 18.2 Å². The Morgan fingerprint density at radius 3 is 2.00 bits per heavy atom. The molecule has 0 saturated carbocycles. The maximum Gasteiger partial charge on any atom is 0.203 e. The first kappa shape index (κ1) is 21.0. The fraction of sp³-hybridized carbons (Fsp3) is 0.462. The summed E-state index contributed by atoms with van der Waals surface area (Å²) in [6.45, 7) is 2.08. The van der Waals surface area contributed by atoms with E-state index in [1.165, 1.54) is 35.8 Å². The van der Waals surface area contributed by atoms with Gasteiger partial charge in [-0.05, 0) is 71.3 Å². The van der Waals surface area contributed by atoms with Gasteiger partial charge in [-0.15, -0.1) is 0 Å². The van der Waals surface area contributed by atoms with Crippen LogP contribution in [-0.2, 0) is 13.0 Å². The van der Waals surface area contributed by atoms with Crippen LogP contribution in [0.4, 0.5) is 0 Å². The van der Waals surface area contributed by atoms with Crippen LogP contribution in [0.3, 0.4) is 0 Å². The zero-order valence-corrected chi connectivity index (χ0v) is 19.5. The van der Waals surface area contributed by atoms with Crippen molar-refractivity contribution in [2.24, 2.45) is 0 Å². The van der Waals surface area contributed by atoms with E-state index < -0.39 is 0 Å². The molecule has 0 aliphatic carbocycles. The molecule has 3 aromatic rings. The summed E-state index contributed by atoms with van der Waals surface area (Å²) in [4.78, 5) is 2.64. The average molecular weight is 438 g/mol. The number of rotatable bonds is 5. The molecule has 1 saturated heterocycles. The average Bonchev–Trinajstić information content (AvgIpc) is 2.85. The lowest BCUT2D eigenvalue weighted by Crippen LogP contribution is -2.43. The number of benzene rings is 3. The van der Waals surface area contributed by atoms with E-state index in [-0.39, 0.29) is 0 Å². The first-order valence-electron chi connectivity index (χ1n) is 11.2. The van der Waals surface area contributed by atoms with Crippen molar-refractivity contribution in [2.45, 2.75) is 38.3 Å². The highest BCUT2D eigenvalue weighted by atomic mass is 16.5. The molecular formula is C26H31NO5. The van der Waals surface area contributed by atoms with Crippen LogP contribution in [0.2, 0.25) is 0 Å². The van der Waals surface area contributed by atoms with Gasteiger partial charge in [0.15, 0.2) is 23.0 Å². The number of fused-ring (bicyclic) bond motifs is 7. The highest BCUT2D eigenvalue weighted by Crippen LogP contribution is 2.51. The normalized spacial score (nSPS) is 18.2. The van der Waals surface area contributed by atoms with Crippen molar-refractivity contribution in [2.75, 3.05) is 42.1 Å². The van der Waals surface area contributed by atoms with Crippen molar-refractivity contribution < 1.29 is 23.7 Å². The van der Waals surface area contributed by atoms with Gasteiger partial charge in [-0.1, -0.05) is 6.42 Å². The molecule has 0 spiro atoms. The van der Waals surface area contributed by atoms with E-state index in [2.05, 4.69) is 23.1 Å². The van der Waals surface area contributed by atoms with Gasteiger partial charge in [-0.3, -0.25) is 4.90 Å². The Morgan fingerprint density at radius 2 is 1.34 bits per heavy atom. The molecule has 1 fully saturated rings. The second kappa shape index (κ2) is 8.24. The Balaban J connectivity index is 1.94. The summed E-state index contributed by atoms with van der Waals surface area (Å²) in [6, 6.07) is 6.89. The molecule has 3 aromatic carbocycles. The number of piperidine rings is 1. The largest absolute Gasteiger partial charge is 0.493 e. The third kappa shape index (κ3) is 3.04. The maximum absolute atomic E-state index is 5.94. The third-order valence-electron chi connectivity index (χ3n) is 7.19. The predicted molar refractivity (Wildman–Crippen MR) is 126 cm³/mol. The summed E-state index contributed by atoms with van der Waals surface area (Å²) in [5, 5.41) is 4.45. The Morgan fingerprint density at radius 1 is 0.688 bits per heavy atom. The molecule has 2 aliphatic heterocycles. The molecule has 6 heteroatoms. The van der Waals surface area contributed by atoms with Gasteiger partial charge in [-0.2, -0.15) is 0 Å². The van der Waals surface area contributed by atoms with Crippen LogP contribution in [0, 0.1) is 0 Å². The summed E-state index contributed by atoms with van der Waals surface area (Å²) in [6.07, 6.45) is 4.86. The van der Waals surface area contributed by atoms with Crippen molar-refractivity contribution in [3.05, 3.63) is 29.3 Å². The minimum atomic E-state index is 0.590. The molecule has 0 N–H and O–H groups in total. The number of nitrogens with zero attached hydrogens (tertiary/aromatic N) is 1. The van der Waals surface area contributed by atoms with Gasteiger partial charge in [0.1, 0.15) is 0 Å². The summed E-state index contributed by atoms with van der Waals surface area (Å²) in [5.41, 5.74) is 2.74. The van der Waals surface area contributed by atoms with Crippen LogP contribution in [-0.4, -0.2) is 53.0 Å². The topological polar surface area (TPSA) is 49.4 Å². The molecule has 170 valence electrons. The van der Waals surface area contributed by atoms with Crippen LogP contribution in [0.25, 0.3) is 21.5 Å². The Kier molecular flexibility index (Phi) is 5.41. The molecule has 32 heavy (non-hydrogen) atoms. The smallest absolute Gasteiger partial charge is 0.203 e. The van der Waals surface area contributed by atoms with Crippen LogP contribution < -0.4 is 23.7 Å². The number of hydrogen-bond donors (Lipinski definition) is 0. The van der Waals surface area contributed by atoms with Gasteiger partial charge in [0.05, 0.1) is 35.5 Å². The zero-order chi connectivity index (χ0) is 22.4. The quantitative estimate of drug-likeness (QED) is 0.527. The van der Waals surface area contributed by atoms with Gasteiger partial charge in [0.2, 0.25) is 5.75 Å². The molecule has 1 unspecified atom stereocenters. The lowest BCUT2D eigenvalue weighted by molar-refractivity contribution is 0.128. The first-order valence-corrected chi connectivity index (χ1v) is 11.2. The van der Waals surface area contributed by atoms with Crippen molar-refractivity contribution in [1.29, 1.82) is 0 Å².